The number of carboxylic acids is 1. The number of piperidine rings is 1. The minimum atomic E-state index is -0.905. The second-order valence-corrected chi connectivity index (χ2v) is 6.47. The van der Waals surface area contributed by atoms with Crippen LogP contribution >= 0.6 is 0 Å². The second-order valence-electron chi connectivity index (χ2n) is 6.47. The van der Waals surface area contributed by atoms with Crippen LogP contribution in [-0.4, -0.2) is 51.6 Å². The van der Waals surface area contributed by atoms with Crippen molar-refractivity contribution in [2.45, 2.75) is 44.4 Å². The van der Waals surface area contributed by atoms with Crippen molar-refractivity contribution in [1.29, 1.82) is 0 Å². The number of fused-ring (bicyclic) bond motifs is 2. The van der Waals surface area contributed by atoms with Crippen LogP contribution < -0.4 is 5.32 Å². The Morgan fingerprint density at radius 3 is 3.04 bits per heavy atom. The Hall–Kier alpha value is -2.18. The third-order valence-electron chi connectivity index (χ3n) is 4.84. The summed E-state index contributed by atoms with van der Waals surface area (Å²) in [4.78, 5) is 33.6. The number of carbonyl (C=O) groups excluding carboxylic acids is 1. The Bertz CT molecular complexity index is 630. The highest BCUT2D eigenvalue weighted by Gasteiger charge is 2.44. The van der Waals surface area contributed by atoms with Crippen LogP contribution in [0.2, 0.25) is 0 Å². The maximum atomic E-state index is 12.3. The largest absolute Gasteiger partial charge is 0.481 e. The molecule has 2 aliphatic rings. The number of urea groups is 1. The first-order chi connectivity index (χ1) is 11.0. The third-order valence-corrected chi connectivity index (χ3v) is 4.84. The molecule has 0 saturated carbocycles. The number of nitrogens with zero attached hydrogens (tertiary/aromatic N) is 3. The van der Waals surface area contributed by atoms with Crippen molar-refractivity contribution in [3.8, 4) is 0 Å². The van der Waals surface area contributed by atoms with Crippen LogP contribution in [0.25, 0.3) is 0 Å². The standard InChI is InChI=1S/C16H22N4O3/c1-11-18-9-12-3-6-16(14(12)19-11)5-2-8-20(10-16)15(23)17-7-4-13(21)22/h9H,2-8,10H2,1H3,(H,17,23)(H,21,22). The minimum absolute atomic E-state index is 0.0556. The lowest BCUT2D eigenvalue weighted by Gasteiger charge is -2.40. The summed E-state index contributed by atoms with van der Waals surface area (Å²) in [5.74, 6) is -0.134. The topological polar surface area (TPSA) is 95.4 Å². The molecule has 1 saturated heterocycles. The highest BCUT2D eigenvalue weighted by Crippen LogP contribution is 2.43. The van der Waals surface area contributed by atoms with E-state index >= 15 is 0 Å². The van der Waals surface area contributed by atoms with E-state index in [1.165, 1.54) is 5.56 Å². The van der Waals surface area contributed by atoms with Crippen molar-refractivity contribution < 1.29 is 14.7 Å². The number of likely N-dealkylation sites (tertiary alicyclic amines) is 1. The lowest BCUT2D eigenvalue weighted by Crippen LogP contribution is -2.51. The summed E-state index contributed by atoms with van der Waals surface area (Å²) in [6.45, 7) is 3.41. The van der Waals surface area contributed by atoms with Gasteiger partial charge in [0.05, 0.1) is 12.1 Å². The molecule has 1 fully saturated rings. The van der Waals surface area contributed by atoms with Crippen molar-refractivity contribution in [3.05, 3.63) is 23.3 Å². The van der Waals surface area contributed by atoms with Gasteiger partial charge in [0, 0.05) is 31.2 Å². The third kappa shape index (κ3) is 3.13. The van der Waals surface area contributed by atoms with Gasteiger partial charge in [-0.1, -0.05) is 0 Å². The van der Waals surface area contributed by atoms with Crippen LogP contribution in [0.4, 0.5) is 4.79 Å². The Kier molecular flexibility index (Phi) is 4.19. The smallest absolute Gasteiger partial charge is 0.317 e. The highest BCUT2D eigenvalue weighted by atomic mass is 16.4. The van der Waals surface area contributed by atoms with Gasteiger partial charge in [-0.15, -0.1) is 0 Å². The number of amides is 2. The van der Waals surface area contributed by atoms with Crippen molar-refractivity contribution in [2.24, 2.45) is 0 Å². The van der Waals surface area contributed by atoms with E-state index in [2.05, 4.69) is 15.3 Å². The fourth-order valence-electron chi connectivity index (χ4n) is 3.72. The van der Waals surface area contributed by atoms with Crippen LogP contribution in [-0.2, 0) is 16.6 Å². The molecule has 0 radical (unpaired) electrons. The predicted molar refractivity (Wildman–Crippen MR) is 83.2 cm³/mol. The molecule has 124 valence electrons. The van der Waals surface area contributed by atoms with Crippen LogP contribution in [0.3, 0.4) is 0 Å². The lowest BCUT2D eigenvalue weighted by atomic mass is 9.77. The number of aryl methyl sites for hydroxylation is 2. The molecule has 2 N–H and O–H groups in total. The van der Waals surface area contributed by atoms with Gasteiger partial charge < -0.3 is 15.3 Å². The van der Waals surface area contributed by atoms with E-state index in [9.17, 15) is 9.59 Å². The van der Waals surface area contributed by atoms with E-state index in [0.29, 0.717) is 13.1 Å². The molecule has 1 unspecified atom stereocenters. The van der Waals surface area contributed by atoms with E-state index in [4.69, 9.17) is 5.11 Å². The molecular weight excluding hydrogens is 296 g/mol. The van der Waals surface area contributed by atoms with Gasteiger partial charge in [0.2, 0.25) is 0 Å². The number of rotatable bonds is 3. The average molecular weight is 318 g/mol. The van der Waals surface area contributed by atoms with E-state index in [-0.39, 0.29) is 24.4 Å². The van der Waals surface area contributed by atoms with Crippen molar-refractivity contribution in [2.75, 3.05) is 19.6 Å². The Balaban J connectivity index is 1.71. The van der Waals surface area contributed by atoms with E-state index in [1.807, 2.05) is 13.1 Å². The lowest BCUT2D eigenvalue weighted by molar-refractivity contribution is -0.136. The van der Waals surface area contributed by atoms with Gasteiger partial charge in [0.15, 0.2) is 0 Å². The number of carbonyl (C=O) groups is 2. The van der Waals surface area contributed by atoms with Crippen LogP contribution in [0, 0.1) is 6.92 Å². The molecule has 23 heavy (non-hydrogen) atoms. The molecule has 1 aromatic heterocycles. The van der Waals surface area contributed by atoms with Gasteiger partial charge in [-0.25, -0.2) is 14.8 Å². The van der Waals surface area contributed by atoms with E-state index in [0.717, 1.165) is 37.2 Å². The first-order valence-electron chi connectivity index (χ1n) is 8.08. The fraction of sp³-hybridized carbons (Fsp3) is 0.625. The van der Waals surface area contributed by atoms with Gasteiger partial charge in [0.25, 0.3) is 0 Å². The molecule has 1 aromatic rings. The van der Waals surface area contributed by atoms with Gasteiger partial charge in [-0.3, -0.25) is 4.79 Å². The first kappa shape index (κ1) is 15.7. The zero-order chi connectivity index (χ0) is 16.4. The molecule has 1 aliphatic carbocycles. The summed E-state index contributed by atoms with van der Waals surface area (Å²) in [6.07, 6.45) is 5.80. The molecule has 1 atom stereocenters. The van der Waals surface area contributed by atoms with Gasteiger partial charge in [-0.05, 0) is 38.2 Å². The van der Waals surface area contributed by atoms with Gasteiger partial charge in [0.1, 0.15) is 5.82 Å². The monoisotopic (exact) mass is 318 g/mol. The molecule has 7 heteroatoms. The fourth-order valence-corrected chi connectivity index (χ4v) is 3.72. The summed E-state index contributed by atoms with van der Waals surface area (Å²) >= 11 is 0. The maximum Gasteiger partial charge on any atom is 0.317 e. The van der Waals surface area contributed by atoms with Crippen LogP contribution in [0.1, 0.15) is 42.8 Å². The number of hydrogen-bond acceptors (Lipinski definition) is 4. The Labute approximate surface area is 135 Å². The van der Waals surface area contributed by atoms with Gasteiger partial charge in [-0.2, -0.15) is 0 Å². The SMILES string of the molecule is Cc1ncc2c(n1)C1(CCCN(C(=O)NCCC(=O)O)C1)CC2. The summed E-state index contributed by atoms with van der Waals surface area (Å²) in [6, 6.07) is -0.176. The molecule has 2 heterocycles. The molecule has 1 spiro atoms. The molecule has 3 rings (SSSR count). The zero-order valence-corrected chi connectivity index (χ0v) is 13.3. The molecule has 0 aromatic carbocycles. The normalized spacial score (nSPS) is 22.9. The summed E-state index contributed by atoms with van der Waals surface area (Å²) in [5.41, 5.74) is 2.24. The Morgan fingerprint density at radius 1 is 1.43 bits per heavy atom. The first-order valence-corrected chi connectivity index (χ1v) is 8.08. The highest BCUT2D eigenvalue weighted by molar-refractivity contribution is 5.75. The van der Waals surface area contributed by atoms with Crippen molar-refractivity contribution >= 4 is 12.0 Å². The number of aliphatic carboxylic acids is 1. The number of hydrogen-bond donors (Lipinski definition) is 2. The Morgan fingerprint density at radius 2 is 2.26 bits per heavy atom. The number of nitrogens with one attached hydrogen (secondary N) is 1. The summed E-state index contributed by atoms with van der Waals surface area (Å²) in [7, 11) is 0. The molecule has 7 nitrogen and oxygen atoms in total. The second kappa shape index (κ2) is 6.14. The van der Waals surface area contributed by atoms with Gasteiger partial charge >= 0.3 is 12.0 Å². The minimum Gasteiger partial charge on any atom is -0.481 e. The molecule has 1 aliphatic heterocycles. The average Bonchev–Trinajstić information content (AvgIpc) is 2.85. The maximum absolute atomic E-state index is 12.3. The number of aromatic nitrogens is 2. The number of carboxylic acid groups (broad SMARTS) is 1. The van der Waals surface area contributed by atoms with Crippen LogP contribution in [0.5, 0.6) is 0 Å². The molecular formula is C16H22N4O3. The van der Waals surface area contributed by atoms with E-state index in [1.54, 1.807) is 4.90 Å². The van der Waals surface area contributed by atoms with Crippen LogP contribution in [0.15, 0.2) is 6.20 Å². The quantitative estimate of drug-likeness (QED) is 0.874. The zero-order valence-electron chi connectivity index (χ0n) is 13.3. The van der Waals surface area contributed by atoms with Crippen molar-refractivity contribution in [3.63, 3.8) is 0 Å². The predicted octanol–water partition coefficient (Wildman–Crippen LogP) is 1.25. The molecule has 0 bridgehead atoms. The van der Waals surface area contributed by atoms with E-state index < -0.39 is 5.97 Å². The molecule has 2 amide bonds. The summed E-state index contributed by atoms with van der Waals surface area (Å²) < 4.78 is 0. The summed E-state index contributed by atoms with van der Waals surface area (Å²) in [5, 5.41) is 11.4. The van der Waals surface area contributed by atoms with Crippen molar-refractivity contribution in [1.82, 2.24) is 20.2 Å².